The maximum absolute atomic E-state index is 13.7. The average molecular weight is 550 g/mol. The Bertz CT molecular complexity index is 1320. The smallest absolute Gasteiger partial charge is 0.243 e. The maximum Gasteiger partial charge on any atom is 0.243 e. The summed E-state index contributed by atoms with van der Waals surface area (Å²) in [5, 5.41) is 2.89. The number of anilines is 1. The molecule has 8 heteroatoms. The lowest BCUT2D eigenvalue weighted by atomic mass is 10.0. The SMILES string of the molecule is CCNC(=O)[C@@H](Cc1ccccc1)N(Cc1ccccc1)C(=O)CCCN(c1cc(C)cc(C)c1)S(C)(=O)=O. The van der Waals surface area contributed by atoms with Gasteiger partial charge in [-0.1, -0.05) is 66.7 Å². The number of rotatable bonds is 13. The highest BCUT2D eigenvalue weighted by Gasteiger charge is 2.30. The van der Waals surface area contributed by atoms with Gasteiger partial charge in [0.2, 0.25) is 21.8 Å². The fourth-order valence-corrected chi connectivity index (χ4v) is 5.67. The van der Waals surface area contributed by atoms with Crippen LogP contribution < -0.4 is 9.62 Å². The molecule has 1 atom stereocenters. The third kappa shape index (κ3) is 8.96. The van der Waals surface area contributed by atoms with Crippen LogP contribution in [0.15, 0.2) is 78.9 Å². The maximum atomic E-state index is 13.7. The number of nitrogens with one attached hydrogen (secondary N) is 1. The van der Waals surface area contributed by atoms with E-state index in [0.29, 0.717) is 25.1 Å². The van der Waals surface area contributed by atoms with Crippen molar-refractivity contribution >= 4 is 27.5 Å². The standard InChI is InChI=1S/C31H39N3O4S/c1-5-32-31(36)29(22-26-13-8-6-9-14-26)33(23-27-15-10-7-11-16-27)30(35)17-12-18-34(39(4,37)38)28-20-24(2)19-25(3)21-28/h6-11,13-16,19-21,29H,5,12,17-18,22-23H2,1-4H3,(H,32,36)/t29-/m1/s1. The lowest BCUT2D eigenvalue weighted by molar-refractivity contribution is -0.141. The molecule has 0 unspecified atom stereocenters. The first-order valence-corrected chi connectivity index (χ1v) is 15.1. The van der Waals surface area contributed by atoms with Gasteiger partial charge in [-0.3, -0.25) is 13.9 Å². The number of carbonyl (C=O) groups is 2. The largest absolute Gasteiger partial charge is 0.355 e. The van der Waals surface area contributed by atoms with Crippen LogP contribution in [0, 0.1) is 13.8 Å². The molecule has 0 saturated carbocycles. The van der Waals surface area contributed by atoms with E-state index in [2.05, 4.69) is 5.32 Å². The van der Waals surface area contributed by atoms with Gasteiger partial charge in [0.05, 0.1) is 11.9 Å². The fraction of sp³-hybridized carbons (Fsp3) is 0.355. The molecule has 0 radical (unpaired) electrons. The normalized spacial score (nSPS) is 12.0. The summed E-state index contributed by atoms with van der Waals surface area (Å²) >= 11 is 0. The van der Waals surface area contributed by atoms with Crippen molar-refractivity contribution in [2.24, 2.45) is 0 Å². The zero-order valence-corrected chi connectivity index (χ0v) is 24.1. The van der Waals surface area contributed by atoms with Gasteiger partial charge in [-0.05, 0) is 61.6 Å². The summed E-state index contributed by atoms with van der Waals surface area (Å²) in [6.07, 6.45) is 1.98. The predicted molar refractivity (Wildman–Crippen MR) is 157 cm³/mol. The highest BCUT2D eigenvalue weighted by Crippen LogP contribution is 2.23. The van der Waals surface area contributed by atoms with Crippen molar-refractivity contribution in [3.05, 3.63) is 101 Å². The minimum Gasteiger partial charge on any atom is -0.355 e. The number of amides is 2. The molecule has 0 spiro atoms. The molecule has 0 saturated heterocycles. The van der Waals surface area contributed by atoms with Gasteiger partial charge in [0.15, 0.2) is 0 Å². The molecule has 208 valence electrons. The van der Waals surface area contributed by atoms with Crippen molar-refractivity contribution in [1.82, 2.24) is 10.2 Å². The van der Waals surface area contributed by atoms with Crippen LogP contribution in [0.1, 0.15) is 42.0 Å². The minimum atomic E-state index is -3.55. The first-order chi connectivity index (χ1) is 18.6. The Morgan fingerprint density at radius 2 is 1.44 bits per heavy atom. The molecule has 0 aliphatic carbocycles. The molecule has 7 nitrogen and oxygen atoms in total. The van der Waals surface area contributed by atoms with E-state index in [1.807, 2.05) is 99.6 Å². The second-order valence-electron chi connectivity index (χ2n) is 9.89. The molecular weight excluding hydrogens is 510 g/mol. The van der Waals surface area contributed by atoms with Gasteiger partial charge >= 0.3 is 0 Å². The first kappa shape index (κ1) is 29.9. The zero-order chi connectivity index (χ0) is 28.4. The Balaban J connectivity index is 1.85. The van der Waals surface area contributed by atoms with Gasteiger partial charge in [-0.25, -0.2) is 8.42 Å². The van der Waals surface area contributed by atoms with Crippen molar-refractivity contribution < 1.29 is 18.0 Å². The van der Waals surface area contributed by atoms with E-state index in [1.165, 1.54) is 10.6 Å². The summed E-state index contributed by atoms with van der Waals surface area (Å²) in [4.78, 5) is 28.6. The Morgan fingerprint density at radius 1 is 0.872 bits per heavy atom. The molecule has 0 fully saturated rings. The Kier molecular flexibility index (Phi) is 10.7. The monoisotopic (exact) mass is 549 g/mol. The van der Waals surface area contributed by atoms with Crippen molar-refractivity contribution in [3.63, 3.8) is 0 Å². The predicted octanol–water partition coefficient (Wildman–Crippen LogP) is 4.63. The number of sulfonamides is 1. The van der Waals surface area contributed by atoms with Crippen molar-refractivity contribution in [2.75, 3.05) is 23.7 Å². The number of likely N-dealkylation sites (N-methyl/N-ethyl adjacent to an activating group) is 1. The zero-order valence-electron chi connectivity index (χ0n) is 23.3. The van der Waals surface area contributed by atoms with Crippen LogP contribution in [0.25, 0.3) is 0 Å². The highest BCUT2D eigenvalue weighted by molar-refractivity contribution is 7.92. The summed E-state index contributed by atoms with van der Waals surface area (Å²) in [7, 11) is -3.55. The second-order valence-corrected chi connectivity index (χ2v) is 11.8. The molecule has 3 rings (SSSR count). The average Bonchev–Trinajstić information content (AvgIpc) is 2.88. The summed E-state index contributed by atoms with van der Waals surface area (Å²) in [6, 6.07) is 24.2. The van der Waals surface area contributed by atoms with E-state index in [0.717, 1.165) is 22.3 Å². The third-order valence-corrected chi connectivity index (χ3v) is 7.66. The van der Waals surface area contributed by atoms with Crippen molar-refractivity contribution in [3.8, 4) is 0 Å². The number of benzene rings is 3. The van der Waals surface area contributed by atoms with E-state index < -0.39 is 16.1 Å². The van der Waals surface area contributed by atoms with E-state index in [4.69, 9.17) is 0 Å². The number of aryl methyl sites for hydroxylation is 2. The summed E-state index contributed by atoms with van der Waals surface area (Å²) in [6.45, 7) is 6.61. The molecule has 3 aromatic rings. The molecule has 0 heterocycles. The van der Waals surface area contributed by atoms with Crippen LogP contribution in [-0.2, 0) is 32.6 Å². The molecular formula is C31H39N3O4S. The number of hydrogen-bond acceptors (Lipinski definition) is 4. The van der Waals surface area contributed by atoms with Gasteiger partial charge in [0.1, 0.15) is 6.04 Å². The van der Waals surface area contributed by atoms with Crippen molar-refractivity contribution in [1.29, 1.82) is 0 Å². The Morgan fingerprint density at radius 3 is 1.97 bits per heavy atom. The Hall–Kier alpha value is -3.65. The van der Waals surface area contributed by atoms with Gasteiger partial charge in [0, 0.05) is 32.5 Å². The van der Waals surface area contributed by atoms with E-state index in [-0.39, 0.29) is 31.3 Å². The van der Waals surface area contributed by atoms with Gasteiger partial charge < -0.3 is 10.2 Å². The van der Waals surface area contributed by atoms with Crippen LogP contribution in [0.5, 0.6) is 0 Å². The second kappa shape index (κ2) is 13.9. The minimum absolute atomic E-state index is 0.106. The first-order valence-electron chi connectivity index (χ1n) is 13.3. The Labute approximate surface area is 232 Å². The van der Waals surface area contributed by atoms with E-state index >= 15 is 0 Å². The van der Waals surface area contributed by atoms with E-state index in [1.54, 1.807) is 4.90 Å². The number of carbonyl (C=O) groups excluding carboxylic acids is 2. The topological polar surface area (TPSA) is 86.8 Å². The molecule has 39 heavy (non-hydrogen) atoms. The molecule has 0 aliphatic rings. The lowest BCUT2D eigenvalue weighted by Crippen LogP contribution is -2.50. The summed E-state index contributed by atoms with van der Waals surface area (Å²) < 4.78 is 26.7. The van der Waals surface area contributed by atoms with Crippen molar-refractivity contribution in [2.45, 2.75) is 52.6 Å². The molecule has 0 bridgehead atoms. The number of nitrogens with zero attached hydrogens (tertiary/aromatic N) is 2. The summed E-state index contributed by atoms with van der Waals surface area (Å²) in [5.41, 5.74) is 4.40. The highest BCUT2D eigenvalue weighted by atomic mass is 32.2. The molecule has 1 N–H and O–H groups in total. The quantitative estimate of drug-likeness (QED) is 0.337. The van der Waals surface area contributed by atoms with Crippen LogP contribution in [0.4, 0.5) is 5.69 Å². The summed E-state index contributed by atoms with van der Waals surface area (Å²) in [5.74, 6) is -0.404. The molecule has 0 aromatic heterocycles. The molecule has 2 amide bonds. The third-order valence-electron chi connectivity index (χ3n) is 6.46. The van der Waals surface area contributed by atoms with Gasteiger partial charge in [0.25, 0.3) is 0 Å². The fourth-order valence-electron chi connectivity index (χ4n) is 4.72. The molecule has 3 aromatic carbocycles. The van der Waals surface area contributed by atoms with Crippen LogP contribution >= 0.6 is 0 Å². The van der Waals surface area contributed by atoms with Crippen LogP contribution in [-0.4, -0.2) is 50.5 Å². The lowest BCUT2D eigenvalue weighted by Gasteiger charge is -2.32. The van der Waals surface area contributed by atoms with Gasteiger partial charge in [-0.15, -0.1) is 0 Å². The van der Waals surface area contributed by atoms with Gasteiger partial charge in [-0.2, -0.15) is 0 Å². The van der Waals surface area contributed by atoms with Crippen LogP contribution in [0.3, 0.4) is 0 Å². The van der Waals surface area contributed by atoms with E-state index in [9.17, 15) is 18.0 Å². The number of hydrogen-bond donors (Lipinski definition) is 1. The van der Waals surface area contributed by atoms with Crippen LogP contribution in [0.2, 0.25) is 0 Å². The molecule has 0 aliphatic heterocycles.